The molecule has 1 aliphatic heterocycles. The van der Waals surface area contributed by atoms with Crippen molar-refractivity contribution in [3.8, 4) is 5.75 Å². The van der Waals surface area contributed by atoms with Gasteiger partial charge < -0.3 is 15.8 Å². The Morgan fingerprint density at radius 3 is 2.42 bits per heavy atom. The fraction of sp³-hybridized carbons (Fsp3) is 0.381. The molecule has 3 N–H and O–H groups in total. The van der Waals surface area contributed by atoms with Gasteiger partial charge in [-0.15, -0.1) is 0 Å². The number of para-hydroxylation sites is 1. The van der Waals surface area contributed by atoms with Crippen LogP contribution in [0.3, 0.4) is 0 Å². The van der Waals surface area contributed by atoms with Gasteiger partial charge in [-0.3, -0.25) is 9.89 Å². The molecule has 5 nitrogen and oxygen atoms in total. The molecule has 138 valence electrons. The van der Waals surface area contributed by atoms with Crippen molar-refractivity contribution in [3.63, 3.8) is 0 Å². The fourth-order valence-electron chi connectivity index (χ4n) is 3.38. The first kappa shape index (κ1) is 18.3. The number of nitrogens with one attached hydrogen (secondary N) is 1. The monoisotopic (exact) mass is 352 g/mol. The standard InChI is InChI=1S/C21H28N4O/c1-26-19-12-10-17(11-13-19)20(25-14-6-3-7-15-25)16-23-21(22)24-18-8-4-2-5-9-18/h2,4-5,8-13,20H,3,6-7,14-16H2,1H3,(H3,22,23,24)/t20-/m1/s1. The first-order valence-corrected chi connectivity index (χ1v) is 9.26. The van der Waals surface area contributed by atoms with Gasteiger partial charge in [0.25, 0.3) is 0 Å². The van der Waals surface area contributed by atoms with Crippen molar-refractivity contribution in [2.75, 3.05) is 32.1 Å². The molecule has 1 aliphatic rings. The number of likely N-dealkylation sites (tertiary alicyclic amines) is 1. The van der Waals surface area contributed by atoms with Crippen LogP contribution < -0.4 is 15.8 Å². The average molecular weight is 352 g/mol. The number of rotatable bonds is 6. The van der Waals surface area contributed by atoms with E-state index in [9.17, 15) is 0 Å². The summed E-state index contributed by atoms with van der Waals surface area (Å²) in [7, 11) is 1.69. The smallest absolute Gasteiger partial charge is 0.193 e. The third-order valence-corrected chi connectivity index (χ3v) is 4.81. The van der Waals surface area contributed by atoms with Gasteiger partial charge in [-0.1, -0.05) is 36.8 Å². The number of hydrogen-bond donors (Lipinski definition) is 2. The summed E-state index contributed by atoms with van der Waals surface area (Å²) in [6, 6.07) is 18.4. The van der Waals surface area contributed by atoms with Gasteiger partial charge in [0.1, 0.15) is 5.75 Å². The Kier molecular flexibility index (Phi) is 6.50. The van der Waals surface area contributed by atoms with Crippen molar-refractivity contribution in [2.24, 2.45) is 10.7 Å². The normalized spacial score (nSPS) is 16.9. The molecule has 1 heterocycles. The van der Waals surface area contributed by atoms with Gasteiger partial charge in [0.15, 0.2) is 5.96 Å². The van der Waals surface area contributed by atoms with Gasteiger partial charge in [0.05, 0.1) is 19.7 Å². The van der Waals surface area contributed by atoms with E-state index in [-0.39, 0.29) is 6.04 Å². The van der Waals surface area contributed by atoms with Gasteiger partial charge in [-0.2, -0.15) is 0 Å². The van der Waals surface area contributed by atoms with Crippen LogP contribution in [0.2, 0.25) is 0 Å². The van der Waals surface area contributed by atoms with Crippen LogP contribution in [0.15, 0.2) is 59.6 Å². The largest absolute Gasteiger partial charge is 0.497 e. The predicted octanol–water partition coefficient (Wildman–Crippen LogP) is 3.65. The molecule has 0 aromatic heterocycles. The second-order valence-electron chi connectivity index (χ2n) is 6.60. The molecule has 0 spiro atoms. The predicted molar refractivity (Wildman–Crippen MR) is 108 cm³/mol. The Bertz CT molecular complexity index is 694. The summed E-state index contributed by atoms with van der Waals surface area (Å²) in [5, 5.41) is 3.16. The molecule has 1 saturated heterocycles. The van der Waals surface area contributed by atoms with Crippen LogP contribution in [0, 0.1) is 0 Å². The molecule has 1 atom stereocenters. The van der Waals surface area contributed by atoms with Crippen LogP contribution in [-0.2, 0) is 0 Å². The summed E-state index contributed by atoms with van der Waals surface area (Å²) in [5.41, 5.74) is 8.31. The first-order chi connectivity index (χ1) is 12.8. The maximum Gasteiger partial charge on any atom is 0.193 e. The summed E-state index contributed by atoms with van der Waals surface area (Å²) in [5.74, 6) is 1.33. The number of nitrogens with zero attached hydrogens (tertiary/aromatic N) is 2. The molecule has 0 bridgehead atoms. The molecular weight excluding hydrogens is 324 g/mol. The number of aliphatic imine (C=N–C) groups is 1. The van der Waals surface area contributed by atoms with E-state index < -0.39 is 0 Å². The number of hydrogen-bond acceptors (Lipinski definition) is 3. The molecular formula is C21H28N4O. The van der Waals surface area contributed by atoms with Crippen molar-refractivity contribution < 1.29 is 4.74 Å². The van der Waals surface area contributed by atoms with Crippen molar-refractivity contribution in [3.05, 3.63) is 60.2 Å². The topological polar surface area (TPSA) is 62.9 Å². The lowest BCUT2D eigenvalue weighted by atomic mass is 10.0. The van der Waals surface area contributed by atoms with Crippen LogP contribution in [0.5, 0.6) is 5.75 Å². The fourth-order valence-corrected chi connectivity index (χ4v) is 3.38. The molecule has 26 heavy (non-hydrogen) atoms. The SMILES string of the molecule is COc1ccc([C@@H](CN=C(N)Nc2ccccc2)N2CCCCC2)cc1. The van der Waals surface area contributed by atoms with Crippen molar-refractivity contribution in [1.82, 2.24) is 4.90 Å². The third kappa shape index (κ3) is 4.99. The lowest BCUT2D eigenvalue weighted by molar-refractivity contribution is 0.168. The van der Waals surface area contributed by atoms with E-state index in [1.54, 1.807) is 7.11 Å². The highest BCUT2D eigenvalue weighted by Crippen LogP contribution is 2.26. The van der Waals surface area contributed by atoms with E-state index in [0.29, 0.717) is 12.5 Å². The lowest BCUT2D eigenvalue weighted by Gasteiger charge is -2.34. The molecule has 0 radical (unpaired) electrons. The number of ether oxygens (including phenoxy) is 1. The molecule has 3 rings (SSSR count). The molecule has 1 fully saturated rings. The zero-order valence-electron chi connectivity index (χ0n) is 15.4. The van der Waals surface area contributed by atoms with Gasteiger partial charge in [0.2, 0.25) is 0 Å². The van der Waals surface area contributed by atoms with Gasteiger partial charge in [-0.25, -0.2) is 0 Å². The second-order valence-corrected chi connectivity index (χ2v) is 6.60. The Balaban J connectivity index is 1.73. The maximum atomic E-state index is 6.11. The Morgan fingerprint density at radius 2 is 1.77 bits per heavy atom. The number of anilines is 1. The Morgan fingerprint density at radius 1 is 1.08 bits per heavy atom. The molecule has 5 heteroatoms. The number of benzene rings is 2. The minimum absolute atomic E-state index is 0.234. The maximum absolute atomic E-state index is 6.11. The van der Waals surface area contributed by atoms with E-state index >= 15 is 0 Å². The number of guanidine groups is 1. The Hall–Kier alpha value is -2.53. The summed E-state index contributed by atoms with van der Waals surface area (Å²) in [4.78, 5) is 7.14. The van der Waals surface area contributed by atoms with Crippen molar-refractivity contribution >= 4 is 11.6 Å². The van der Waals surface area contributed by atoms with Crippen LogP contribution in [0.1, 0.15) is 30.9 Å². The molecule has 0 unspecified atom stereocenters. The second kappa shape index (κ2) is 9.25. The van der Waals surface area contributed by atoms with Crippen molar-refractivity contribution in [2.45, 2.75) is 25.3 Å². The number of nitrogens with two attached hydrogens (primary N) is 1. The van der Waals surface area contributed by atoms with E-state index in [2.05, 4.69) is 27.3 Å². The first-order valence-electron chi connectivity index (χ1n) is 9.26. The van der Waals surface area contributed by atoms with E-state index in [1.807, 2.05) is 42.5 Å². The molecule has 0 amide bonds. The minimum atomic E-state index is 0.234. The minimum Gasteiger partial charge on any atom is -0.497 e. The van der Waals surface area contributed by atoms with E-state index in [0.717, 1.165) is 24.5 Å². The van der Waals surface area contributed by atoms with Crippen LogP contribution in [0.4, 0.5) is 5.69 Å². The van der Waals surface area contributed by atoms with E-state index in [4.69, 9.17) is 10.5 Å². The zero-order valence-corrected chi connectivity index (χ0v) is 15.4. The molecule has 0 aliphatic carbocycles. The number of methoxy groups -OCH3 is 1. The van der Waals surface area contributed by atoms with Gasteiger partial charge in [0, 0.05) is 5.69 Å². The van der Waals surface area contributed by atoms with Crippen molar-refractivity contribution in [1.29, 1.82) is 0 Å². The summed E-state index contributed by atoms with van der Waals surface area (Å²) in [6.07, 6.45) is 3.80. The Labute approximate surface area is 155 Å². The highest BCUT2D eigenvalue weighted by atomic mass is 16.5. The summed E-state index contributed by atoms with van der Waals surface area (Å²) >= 11 is 0. The quantitative estimate of drug-likeness (QED) is 0.615. The van der Waals surface area contributed by atoms with Crippen LogP contribution in [-0.4, -0.2) is 37.6 Å². The van der Waals surface area contributed by atoms with Crippen LogP contribution in [0.25, 0.3) is 0 Å². The molecule has 2 aromatic rings. The average Bonchev–Trinajstić information content (AvgIpc) is 2.70. The summed E-state index contributed by atoms with van der Waals surface area (Å²) < 4.78 is 5.29. The van der Waals surface area contributed by atoms with E-state index in [1.165, 1.54) is 24.8 Å². The third-order valence-electron chi connectivity index (χ3n) is 4.81. The van der Waals surface area contributed by atoms with Crippen LogP contribution >= 0.6 is 0 Å². The zero-order chi connectivity index (χ0) is 18.2. The van der Waals surface area contributed by atoms with Gasteiger partial charge in [-0.05, 0) is 55.8 Å². The molecule has 0 saturated carbocycles. The number of piperidine rings is 1. The highest BCUT2D eigenvalue weighted by molar-refractivity contribution is 5.92. The summed E-state index contributed by atoms with van der Waals surface area (Å²) in [6.45, 7) is 2.86. The van der Waals surface area contributed by atoms with Gasteiger partial charge >= 0.3 is 0 Å². The lowest BCUT2D eigenvalue weighted by Crippen LogP contribution is -2.36. The highest BCUT2D eigenvalue weighted by Gasteiger charge is 2.22. The molecule has 2 aromatic carbocycles.